The predicted octanol–water partition coefficient (Wildman–Crippen LogP) is 3.48. The maximum atomic E-state index is 13.7. The zero-order chi connectivity index (χ0) is 28.8. The van der Waals surface area contributed by atoms with Crippen LogP contribution in [0.5, 0.6) is 11.5 Å². The van der Waals surface area contributed by atoms with Gasteiger partial charge in [0.25, 0.3) is 5.91 Å². The zero-order valence-corrected chi connectivity index (χ0v) is 24.9. The summed E-state index contributed by atoms with van der Waals surface area (Å²) in [5.41, 5.74) is 1.96. The number of hydrogen-bond donors (Lipinski definition) is 2. The minimum absolute atomic E-state index is 0.00862. The average Bonchev–Trinajstić information content (AvgIpc) is 3.64. The van der Waals surface area contributed by atoms with E-state index >= 15 is 0 Å². The Bertz CT molecular complexity index is 1160. The Labute approximate surface area is 243 Å². The first-order chi connectivity index (χ1) is 19.9. The number of likely N-dealkylation sites (N-methyl/N-ethyl adjacent to an activating group) is 1. The molecule has 0 bridgehead atoms. The van der Waals surface area contributed by atoms with Crippen LogP contribution in [0.1, 0.15) is 74.3 Å². The summed E-state index contributed by atoms with van der Waals surface area (Å²) in [6, 6.07) is 7.75. The average molecular weight is 567 g/mol. The molecule has 3 aliphatic rings. The number of carbonyl (C=O) groups excluding carboxylic acids is 2. The minimum atomic E-state index is -0.275. The molecule has 0 spiro atoms. The maximum Gasteiger partial charge on any atom is 0.272 e. The number of nitrogens with one attached hydrogen (secondary N) is 2. The van der Waals surface area contributed by atoms with Gasteiger partial charge in [-0.2, -0.15) is 5.10 Å². The van der Waals surface area contributed by atoms with E-state index in [2.05, 4.69) is 27.5 Å². The molecule has 5 rings (SSSR count). The van der Waals surface area contributed by atoms with Crippen molar-refractivity contribution in [3.8, 4) is 22.8 Å². The SMILES string of the molecule is COc1cccc(OC)c1-c1cc(C(=O)N[C@@H](CCN2CCN(C)CC2)CC(=O)NC2CCC2)nn1C1CCCC1. The van der Waals surface area contributed by atoms with Crippen LogP contribution < -0.4 is 20.1 Å². The standard InChI is InChI=1S/C31H46N6O4/c1-35-16-18-36(19-17-35)15-14-23(20-29(38)32-22-8-6-9-22)33-31(39)25-21-26(37(34-25)24-10-4-5-11-24)30-27(40-2)12-7-13-28(30)41-3/h7,12-13,21-24H,4-6,8-11,14-20H2,1-3H3,(H,32,38)(H,33,39)/t23-/m0/s1. The van der Waals surface area contributed by atoms with Crippen molar-refractivity contribution in [3.63, 3.8) is 0 Å². The second-order valence-corrected chi connectivity index (χ2v) is 11.8. The van der Waals surface area contributed by atoms with Crippen molar-refractivity contribution in [3.05, 3.63) is 30.0 Å². The first-order valence-corrected chi connectivity index (χ1v) is 15.3. The van der Waals surface area contributed by atoms with Gasteiger partial charge in [-0.15, -0.1) is 0 Å². The Morgan fingerprint density at radius 2 is 1.68 bits per heavy atom. The van der Waals surface area contributed by atoms with Crippen LogP contribution in [-0.2, 0) is 4.79 Å². The van der Waals surface area contributed by atoms with E-state index in [4.69, 9.17) is 14.6 Å². The highest BCUT2D eigenvalue weighted by molar-refractivity contribution is 5.94. The van der Waals surface area contributed by atoms with Crippen LogP contribution in [0, 0.1) is 0 Å². The normalized spacial score (nSPS) is 19.5. The van der Waals surface area contributed by atoms with Crippen molar-refractivity contribution in [2.45, 2.75) is 75.9 Å². The molecule has 10 heteroatoms. The molecule has 2 aromatic rings. The fourth-order valence-corrected chi connectivity index (χ4v) is 6.18. The molecule has 2 N–H and O–H groups in total. The van der Waals surface area contributed by atoms with E-state index in [1.165, 1.54) is 0 Å². The number of methoxy groups -OCH3 is 2. The van der Waals surface area contributed by atoms with Gasteiger partial charge in [0.1, 0.15) is 11.5 Å². The van der Waals surface area contributed by atoms with Crippen molar-refractivity contribution in [2.24, 2.45) is 0 Å². The Balaban J connectivity index is 1.36. The van der Waals surface area contributed by atoms with E-state index in [9.17, 15) is 9.59 Å². The number of rotatable bonds is 12. The molecule has 1 aromatic carbocycles. The largest absolute Gasteiger partial charge is 0.496 e. The smallest absolute Gasteiger partial charge is 0.272 e. The molecule has 3 fully saturated rings. The molecular formula is C31H46N6O4. The lowest BCUT2D eigenvalue weighted by molar-refractivity contribution is -0.122. The van der Waals surface area contributed by atoms with Gasteiger partial charge in [-0.3, -0.25) is 14.3 Å². The lowest BCUT2D eigenvalue weighted by atomic mass is 9.93. The molecule has 2 saturated carbocycles. The van der Waals surface area contributed by atoms with Gasteiger partial charge in [0.2, 0.25) is 5.91 Å². The third kappa shape index (κ3) is 7.22. The van der Waals surface area contributed by atoms with Crippen molar-refractivity contribution < 1.29 is 19.1 Å². The van der Waals surface area contributed by atoms with Crippen LogP contribution >= 0.6 is 0 Å². The molecule has 41 heavy (non-hydrogen) atoms. The Morgan fingerprint density at radius 1 is 1.00 bits per heavy atom. The number of piperazine rings is 1. The maximum absolute atomic E-state index is 13.7. The van der Waals surface area contributed by atoms with Crippen LogP contribution in [0.4, 0.5) is 0 Å². The first kappa shape index (κ1) is 29.4. The fraction of sp³-hybridized carbons (Fsp3) is 0.645. The first-order valence-electron chi connectivity index (χ1n) is 15.3. The molecule has 1 atom stereocenters. The summed E-state index contributed by atoms with van der Waals surface area (Å²) in [6.45, 7) is 4.91. The van der Waals surface area contributed by atoms with Gasteiger partial charge in [-0.1, -0.05) is 18.9 Å². The molecule has 10 nitrogen and oxygen atoms in total. The van der Waals surface area contributed by atoms with Crippen molar-refractivity contribution >= 4 is 11.8 Å². The highest BCUT2D eigenvalue weighted by atomic mass is 16.5. The van der Waals surface area contributed by atoms with Crippen LogP contribution in [0.15, 0.2) is 24.3 Å². The molecule has 2 amide bonds. The molecular weight excluding hydrogens is 520 g/mol. The summed E-state index contributed by atoms with van der Waals surface area (Å²) in [4.78, 5) is 31.4. The third-order valence-corrected chi connectivity index (χ3v) is 8.95. The summed E-state index contributed by atoms with van der Waals surface area (Å²) in [5.74, 6) is 1.10. The number of carbonyl (C=O) groups is 2. The Morgan fingerprint density at radius 3 is 2.29 bits per heavy atom. The fourth-order valence-electron chi connectivity index (χ4n) is 6.18. The van der Waals surface area contributed by atoms with Crippen molar-refractivity contribution in [1.82, 2.24) is 30.2 Å². The number of aromatic nitrogens is 2. The molecule has 0 unspecified atom stereocenters. The van der Waals surface area contributed by atoms with Crippen molar-refractivity contribution in [1.29, 1.82) is 0 Å². The topological polar surface area (TPSA) is 101 Å². The monoisotopic (exact) mass is 566 g/mol. The van der Waals surface area contributed by atoms with E-state index in [1.807, 2.05) is 28.9 Å². The quantitative estimate of drug-likeness (QED) is 0.406. The zero-order valence-electron chi connectivity index (χ0n) is 24.9. The molecule has 224 valence electrons. The summed E-state index contributed by atoms with van der Waals surface area (Å²) in [6.07, 6.45) is 8.53. The summed E-state index contributed by atoms with van der Waals surface area (Å²) < 4.78 is 13.4. The third-order valence-electron chi connectivity index (χ3n) is 8.95. The molecule has 2 heterocycles. The number of nitrogens with zero attached hydrogens (tertiary/aromatic N) is 4. The second-order valence-electron chi connectivity index (χ2n) is 11.8. The second kappa shape index (κ2) is 13.7. The number of hydrogen-bond acceptors (Lipinski definition) is 7. The van der Waals surface area contributed by atoms with E-state index in [1.54, 1.807) is 14.2 Å². The van der Waals surface area contributed by atoms with Gasteiger partial charge >= 0.3 is 0 Å². The van der Waals surface area contributed by atoms with E-state index in [0.29, 0.717) is 23.6 Å². The number of amides is 2. The van der Waals surface area contributed by atoms with Crippen LogP contribution in [0.3, 0.4) is 0 Å². The summed E-state index contributed by atoms with van der Waals surface area (Å²) >= 11 is 0. The molecule has 2 aliphatic carbocycles. The van der Waals surface area contributed by atoms with Gasteiger partial charge in [0, 0.05) is 51.2 Å². The van der Waals surface area contributed by atoms with E-state index in [0.717, 1.165) is 88.9 Å². The van der Waals surface area contributed by atoms with Crippen molar-refractivity contribution in [2.75, 3.05) is 54.0 Å². The summed E-state index contributed by atoms with van der Waals surface area (Å²) in [7, 11) is 5.42. The minimum Gasteiger partial charge on any atom is -0.496 e. The Hall–Kier alpha value is -3.11. The molecule has 1 aromatic heterocycles. The molecule has 1 saturated heterocycles. The number of ether oxygens (including phenoxy) is 2. The van der Waals surface area contributed by atoms with Crippen LogP contribution in [0.25, 0.3) is 11.3 Å². The summed E-state index contributed by atoms with van der Waals surface area (Å²) in [5, 5.41) is 11.2. The van der Waals surface area contributed by atoms with Gasteiger partial charge < -0.3 is 29.9 Å². The lowest BCUT2D eigenvalue weighted by Gasteiger charge is -2.33. The lowest BCUT2D eigenvalue weighted by Crippen LogP contribution is -2.47. The Kier molecular flexibility index (Phi) is 9.82. The van der Waals surface area contributed by atoms with Gasteiger partial charge in [0.05, 0.1) is 31.5 Å². The van der Waals surface area contributed by atoms with Gasteiger partial charge in [0.15, 0.2) is 5.69 Å². The number of benzene rings is 1. The van der Waals surface area contributed by atoms with Crippen LogP contribution in [0.2, 0.25) is 0 Å². The van der Waals surface area contributed by atoms with E-state index < -0.39 is 0 Å². The molecule has 1 aliphatic heterocycles. The van der Waals surface area contributed by atoms with E-state index in [-0.39, 0.29) is 36.4 Å². The van der Waals surface area contributed by atoms with Crippen LogP contribution in [-0.4, -0.2) is 97.5 Å². The van der Waals surface area contributed by atoms with Gasteiger partial charge in [-0.25, -0.2) is 0 Å². The molecule has 0 radical (unpaired) electrons. The van der Waals surface area contributed by atoms with Gasteiger partial charge in [-0.05, 0) is 63.8 Å². The predicted molar refractivity (Wildman–Crippen MR) is 158 cm³/mol. The highest BCUT2D eigenvalue weighted by Crippen LogP contribution is 2.41. The highest BCUT2D eigenvalue weighted by Gasteiger charge is 2.29.